The van der Waals surface area contributed by atoms with Crippen molar-refractivity contribution in [2.45, 2.75) is 4.90 Å². The second kappa shape index (κ2) is 7.92. The van der Waals surface area contributed by atoms with Crippen LogP contribution < -0.4 is 9.46 Å². The lowest BCUT2D eigenvalue weighted by molar-refractivity contribution is 0.103. The Morgan fingerprint density at radius 1 is 1.14 bits per heavy atom. The number of aromatic amines is 1. The fraction of sp³-hybridized carbons (Fsp3) is 0.0476. The van der Waals surface area contributed by atoms with Gasteiger partial charge in [0.2, 0.25) is 5.78 Å². The number of carbonyl (C=O) groups excluding carboxylic acids is 1. The molecule has 0 saturated carbocycles. The van der Waals surface area contributed by atoms with E-state index >= 15 is 4.39 Å². The normalized spacial score (nSPS) is 10.9. The maximum absolute atomic E-state index is 15.0. The van der Waals surface area contributed by atoms with Gasteiger partial charge in [0.15, 0.2) is 5.82 Å². The molecule has 4 rings (SSSR count). The molecular weight excluding hydrogens is 396 g/mol. The first kappa shape index (κ1) is 18.9. The van der Waals surface area contributed by atoms with E-state index in [0.29, 0.717) is 16.8 Å². The van der Waals surface area contributed by atoms with Crippen molar-refractivity contribution in [2.24, 2.45) is 0 Å². The molecule has 146 valence electrons. The van der Waals surface area contributed by atoms with Crippen LogP contribution in [-0.4, -0.2) is 22.9 Å². The minimum Gasteiger partial charge on any atom is -0.497 e. The topological polar surface area (TPSA) is 67.0 Å². The molecule has 29 heavy (non-hydrogen) atoms. The molecule has 5 nitrogen and oxygen atoms in total. The van der Waals surface area contributed by atoms with Gasteiger partial charge in [0.05, 0.1) is 18.4 Å². The fourth-order valence-corrected chi connectivity index (χ4v) is 3.53. The molecule has 2 aromatic heterocycles. The predicted molar refractivity (Wildman–Crippen MR) is 108 cm³/mol. The predicted octanol–water partition coefficient (Wildman–Crippen LogP) is 5.20. The standard InChI is InChI=1S/C21H15F2N3O2S/c1-28-12-4-6-13(7-5-12)29-26-17-9-8-16(22)18(19(17)23)20(27)15-11-25-21-14(15)3-2-10-24-21/h2-11,26H,1H3,(H,24,25). The van der Waals surface area contributed by atoms with Gasteiger partial charge in [0.1, 0.15) is 17.2 Å². The van der Waals surface area contributed by atoms with Crippen molar-refractivity contribution in [2.75, 3.05) is 11.8 Å². The van der Waals surface area contributed by atoms with E-state index in [2.05, 4.69) is 14.7 Å². The molecule has 0 atom stereocenters. The van der Waals surface area contributed by atoms with Gasteiger partial charge < -0.3 is 14.4 Å². The quantitative estimate of drug-likeness (QED) is 0.337. The number of aromatic nitrogens is 2. The third-order valence-electron chi connectivity index (χ3n) is 4.35. The highest BCUT2D eigenvalue weighted by Gasteiger charge is 2.24. The molecule has 0 amide bonds. The molecule has 0 fully saturated rings. The molecule has 0 saturated heterocycles. The zero-order valence-electron chi connectivity index (χ0n) is 15.2. The van der Waals surface area contributed by atoms with E-state index in [1.807, 2.05) is 0 Å². The molecule has 8 heteroatoms. The maximum Gasteiger partial charge on any atom is 0.201 e. The summed E-state index contributed by atoms with van der Waals surface area (Å²) in [6.07, 6.45) is 2.97. The highest BCUT2D eigenvalue weighted by Crippen LogP contribution is 2.30. The highest BCUT2D eigenvalue weighted by atomic mass is 32.2. The Morgan fingerprint density at radius 2 is 1.93 bits per heavy atom. The average Bonchev–Trinajstić information content (AvgIpc) is 3.18. The van der Waals surface area contributed by atoms with E-state index in [-0.39, 0.29) is 11.3 Å². The van der Waals surface area contributed by atoms with E-state index in [0.717, 1.165) is 22.9 Å². The molecule has 2 heterocycles. The molecule has 0 radical (unpaired) electrons. The molecule has 0 unspecified atom stereocenters. The van der Waals surface area contributed by atoms with Crippen molar-refractivity contribution in [3.8, 4) is 5.75 Å². The van der Waals surface area contributed by atoms with Crippen LogP contribution in [0.25, 0.3) is 11.0 Å². The average molecular weight is 411 g/mol. The number of carbonyl (C=O) groups is 1. The van der Waals surface area contributed by atoms with E-state index in [1.165, 1.54) is 12.3 Å². The summed E-state index contributed by atoms with van der Waals surface area (Å²) in [5.74, 6) is -1.93. The van der Waals surface area contributed by atoms with E-state index in [4.69, 9.17) is 4.74 Å². The molecule has 0 aliphatic rings. The number of ketones is 1. The zero-order valence-corrected chi connectivity index (χ0v) is 16.0. The second-order valence-electron chi connectivity index (χ2n) is 6.09. The Labute approximate surface area is 169 Å². The van der Waals surface area contributed by atoms with Gasteiger partial charge in [-0.2, -0.15) is 0 Å². The summed E-state index contributed by atoms with van der Waals surface area (Å²) in [7, 11) is 1.57. The number of pyridine rings is 1. The number of ether oxygens (including phenoxy) is 1. The molecule has 0 spiro atoms. The molecule has 4 aromatic rings. The van der Waals surface area contributed by atoms with Crippen LogP contribution in [0.15, 0.2) is 65.8 Å². The smallest absolute Gasteiger partial charge is 0.201 e. The van der Waals surface area contributed by atoms with Crippen molar-refractivity contribution in [3.05, 3.63) is 83.7 Å². The SMILES string of the molecule is COc1ccc(SNc2ccc(F)c(C(=O)c3c[nH]c4ncccc34)c2F)cc1. The van der Waals surface area contributed by atoms with Crippen LogP contribution in [0.2, 0.25) is 0 Å². The molecule has 2 N–H and O–H groups in total. The van der Waals surface area contributed by atoms with Gasteiger partial charge in [-0.3, -0.25) is 4.79 Å². The number of H-pyrrole nitrogens is 1. The summed E-state index contributed by atoms with van der Waals surface area (Å²) in [5.41, 5.74) is 0.0236. The van der Waals surface area contributed by atoms with Crippen LogP contribution in [0, 0.1) is 11.6 Å². The molecule has 0 bridgehead atoms. The molecule has 0 aliphatic carbocycles. The van der Waals surface area contributed by atoms with Crippen molar-refractivity contribution in [1.82, 2.24) is 9.97 Å². The van der Waals surface area contributed by atoms with Crippen LogP contribution in [0.4, 0.5) is 14.5 Å². The summed E-state index contributed by atoms with van der Waals surface area (Å²) < 4.78 is 37.3. The zero-order chi connectivity index (χ0) is 20.4. The van der Waals surface area contributed by atoms with Crippen LogP contribution >= 0.6 is 11.9 Å². The number of benzene rings is 2. The van der Waals surface area contributed by atoms with Gasteiger partial charge in [-0.1, -0.05) is 0 Å². The third-order valence-corrected chi connectivity index (χ3v) is 5.18. The van der Waals surface area contributed by atoms with Crippen molar-refractivity contribution < 1.29 is 18.3 Å². The number of hydrogen-bond donors (Lipinski definition) is 2. The number of fused-ring (bicyclic) bond motifs is 1. The lowest BCUT2D eigenvalue weighted by atomic mass is 10.0. The van der Waals surface area contributed by atoms with Crippen LogP contribution in [-0.2, 0) is 0 Å². The number of methoxy groups -OCH3 is 1. The van der Waals surface area contributed by atoms with Gasteiger partial charge in [-0.15, -0.1) is 0 Å². The van der Waals surface area contributed by atoms with Gasteiger partial charge >= 0.3 is 0 Å². The Hall–Kier alpha value is -3.39. The third kappa shape index (κ3) is 3.66. The lowest BCUT2D eigenvalue weighted by Gasteiger charge is -2.11. The maximum atomic E-state index is 15.0. The molecular formula is C21H15F2N3O2S. The number of nitrogens with one attached hydrogen (secondary N) is 2. The van der Waals surface area contributed by atoms with Gasteiger partial charge in [-0.05, 0) is 60.5 Å². The largest absolute Gasteiger partial charge is 0.497 e. The Balaban J connectivity index is 1.63. The monoisotopic (exact) mass is 411 g/mol. The fourth-order valence-electron chi connectivity index (χ4n) is 2.88. The Bertz CT molecular complexity index is 1190. The Kier molecular flexibility index (Phi) is 5.18. The molecule has 2 aromatic carbocycles. The first-order chi connectivity index (χ1) is 14.1. The number of rotatable bonds is 6. The highest BCUT2D eigenvalue weighted by molar-refractivity contribution is 8.00. The van der Waals surface area contributed by atoms with Crippen molar-refractivity contribution in [3.63, 3.8) is 0 Å². The lowest BCUT2D eigenvalue weighted by Crippen LogP contribution is -2.09. The van der Waals surface area contributed by atoms with Crippen LogP contribution in [0.1, 0.15) is 15.9 Å². The summed E-state index contributed by atoms with van der Waals surface area (Å²) in [5, 5.41) is 0.502. The Morgan fingerprint density at radius 3 is 2.69 bits per heavy atom. The number of halogens is 2. The number of hydrogen-bond acceptors (Lipinski definition) is 5. The number of nitrogens with zero attached hydrogens (tertiary/aromatic N) is 1. The first-order valence-corrected chi connectivity index (χ1v) is 9.42. The van der Waals surface area contributed by atoms with E-state index in [1.54, 1.807) is 49.7 Å². The van der Waals surface area contributed by atoms with Gasteiger partial charge in [-0.25, -0.2) is 13.8 Å². The minimum atomic E-state index is -0.950. The van der Waals surface area contributed by atoms with Crippen molar-refractivity contribution in [1.29, 1.82) is 0 Å². The second-order valence-corrected chi connectivity index (χ2v) is 6.97. The van der Waals surface area contributed by atoms with Crippen LogP contribution in [0.3, 0.4) is 0 Å². The van der Waals surface area contributed by atoms with Gasteiger partial charge in [0.25, 0.3) is 0 Å². The summed E-state index contributed by atoms with van der Waals surface area (Å²) in [4.78, 5) is 20.6. The van der Waals surface area contributed by atoms with E-state index in [9.17, 15) is 9.18 Å². The number of anilines is 1. The van der Waals surface area contributed by atoms with Crippen LogP contribution in [0.5, 0.6) is 5.75 Å². The molecule has 0 aliphatic heterocycles. The van der Waals surface area contributed by atoms with Gasteiger partial charge in [0, 0.05) is 28.2 Å². The van der Waals surface area contributed by atoms with E-state index < -0.39 is 23.0 Å². The summed E-state index contributed by atoms with van der Waals surface area (Å²) >= 11 is 1.14. The summed E-state index contributed by atoms with van der Waals surface area (Å²) in [6, 6.07) is 12.8. The first-order valence-electron chi connectivity index (χ1n) is 8.60. The minimum absolute atomic E-state index is 0.00790. The summed E-state index contributed by atoms with van der Waals surface area (Å²) in [6.45, 7) is 0. The van der Waals surface area contributed by atoms with Crippen molar-refractivity contribution >= 4 is 34.5 Å².